The van der Waals surface area contributed by atoms with Crippen LogP contribution in [0.2, 0.25) is 0 Å². The predicted octanol–water partition coefficient (Wildman–Crippen LogP) is 3.74. The van der Waals surface area contributed by atoms with E-state index in [0.29, 0.717) is 0 Å². The number of thioether (sulfide) groups is 3. The minimum atomic E-state index is 1.21. The summed E-state index contributed by atoms with van der Waals surface area (Å²) < 4.78 is 0. The lowest BCUT2D eigenvalue weighted by atomic mass is 10.6. The van der Waals surface area contributed by atoms with E-state index in [-0.39, 0.29) is 0 Å². The Morgan fingerprint density at radius 1 is 1.00 bits per heavy atom. The molecule has 0 aliphatic carbocycles. The third kappa shape index (κ3) is 10.8. The van der Waals surface area contributed by atoms with E-state index in [1.165, 1.54) is 35.2 Å². The van der Waals surface area contributed by atoms with Crippen molar-refractivity contribution in [1.82, 2.24) is 0 Å². The van der Waals surface area contributed by atoms with Crippen molar-refractivity contribution in [2.24, 2.45) is 0 Å². The molecule has 0 aromatic carbocycles. The van der Waals surface area contributed by atoms with Gasteiger partial charge in [0.15, 0.2) is 0 Å². The fourth-order valence-electron chi connectivity index (χ4n) is 0.657. The van der Waals surface area contributed by atoms with Crippen molar-refractivity contribution in [3.8, 4) is 0 Å². The minimum Gasteiger partial charge on any atom is -0.161 e. The highest BCUT2D eigenvalue weighted by Crippen LogP contribution is 2.10. The van der Waals surface area contributed by atoms with Crippen LogP contribution in [0.15, 0.2) is 12.0 Å². The van der Waals surface area contributed by atoms with Gasteiger partial charge in [-0.15, -0.1) is 11.8 Å². The van der Waals surface area contributed by atoms with Crippen LogP contribution in [0, 0.1) is 0 Å². The van der Waals surface area contributed by atoms with Crippen molar-refractivity contribution >= 4 is 35.3 Å². The highest BCUT2D eigenvalue weighted by atomic mass is 32.2. The molecule has 0 unspecified atom stereocenters. The molecule has 0 aromatic rings. The molecule has 0 rings (SSSR count). The van der Waals surface area contributed by atoms with Crippen LogP contribution in [0.4, 0.5) is 0 Å². The molecule has 0 nitrogen and oxygen atoms in total. The van der Waals surface area contributed by atoms with Gasteiger partial charge in [-0.3, -0.25) is 0 Å². The average Bonchev–Trinajstić information content (AvgIpc) is 2.10. The lowest BCUT2D eigenvalue weighted by Gasteiger charge is -1.99. The molecule has 0 bridgehead atoms. The van der Waals surface area contributed by atoms with E-state index in [1.807, 2.05) is 17.2 Å². The van der Waals surface area contributed by atoms with Crippen LogP contribution < -0.4 is 0 Å². The highest BCUT2D eigenvalue weighted by molar-refractivity contribution is 8.05. The molecule has 0 aliphatic rings. The SMILES string of the molecule is C=CSCCSCCSCCC. The summed E-state index contributed by atoms with van der Waals surface area (Å²) in [5, 5.41) is 1.92. The molecule has 12 heavy (non-hydrogen) atoms. The smallest absolute Gasteiger partial charge is 0.00649 e. The molecule has 0 fully saturated rings. The van der Waals surface area contributed by atoms with E-state index in [9.17, 15) is 0 Å². The molecule has 0 N–H and O–H groups in total. The third-order valence-electron chi connectivity index (χ3n) is 1.18. The molecule has 0 radical (unpaired) electrons. The van der Waals surface area contributed by atoms with Gasteiger partial charge >= 0.3 is 0 Å². The number of hydrogen-bond donors (Lipinski definition) is 0. The van der Waals surface area contributed by atoms with Crippen LogP contribution in [0.25, 0.3) is 0 Å². The predicted molar refractivity (Wildman–Crippen MR) is 67.6 cm³/mol. The summed E-state index contributed by atoms with van der Waals surface area (Å²) in [7, 11) is 0. The van der Waals surface area contributed by atoms with Crippen molar-refractivity contribution in [2.75, 3.05) is 28.8 Å². The molecule has 3 heteroatoms. The molecule has 0 saturated heterocycles. The first-order valence-electron chi connectivity index (χ1n) is 4.29. The second-order valence-electron chi connectivity index (χ2n) is 2.26. The summed E-state index contributed by atoms with van der Waals surface area (Å²) in [5.74, 6) is 6.43. The summed E-state index contributed by atoms with van der Waals surface area (Å²) in [5.41, 5.74) is 0. The zero-order chi connectivity index (χ0) is 9.07. The Balaban J connectivity index is 2.77. The van der Waals surface area contributed by atoms with Crippen LogP contribution in [-0.4, -0.2) is 28.8 Å². The van der Waals surface area contributed by atoms with E-state index in [1.54, 1.807) is 0 Å². The summed E-state index contributed by atoms with van der Waals surface area (Å²) in [6, 6.07) is 0. The molecule has 0 amide bonds. The van der Waals surface area contributed by atoms with Crippen LogP contribution in [0.3, 0.4) is 0 Å². The quantitative estimate of drug-likeness (QED) is 0.546. The van der Waals surface area contributed by atoms with Crippen molar-refractivity contribution < 1.29 is 0 Å². The van der Waals surface area contributed by atoms with Crippen molar-refractivity contribution in [1.29, 1.82) is 0 Å². The third-order valence-corrected chi connectivity index (χ3v) is 4.55. The van der Waals surface area contributed by atoms with E-state index in [2.05, 4.69) is 37.0 Å². The first-order chi connectivity index (χ1) is 5.91. The maximum absolute atomic E-state index is 3.67. The molecule has 0 aliphatic heterocycles. The van der Waals surface area contributed by atoms with Crippen molar-refractivity contribution in [3.63, 3.8) is 0 Å². The Morgan fingerprint density at radius 3 is 2.17 bits per heavy atom. The van der Waals surface area contributed by atoms with E-state index >= 15 is 0 Å². The zero-order valence-corrected chi connectivity index (χ0v) is 10.2. The van der Waals surface area contributed by atoms with Gasteiger partial charge in [0.05, 0.1) is 0 Å². The molecule has 72 valence electrons. The minimum absolute atomic E-state index is 1.21. The molecule has 0 aromatic heterocycles. The van der Waals surface area contributed by atoms with Crippen molar-refractivity contribution in [3.05, 3.63) is 12.0 Å². The molecule has 0 heterocycles. The fraction of sp³-hybridized carbons (Fsp3) is 0.778. The summed E-state index contributed by atoms with van der Waals surface area (Å²) in [4.78, 5) is 0. The molecular formula is C9H18S3. The van der Waals surface area contributed by atoms with E-state index < -0.39 is 0 Å². The Bertz CT molecular complexity index is 93.8. The summed E-state index contributed by atoms with van der Waals surface area (Å²) in [6.07, 6.45) is 1.31. The standard InChI is InChI=1S/C9H18S3/c1-3-5-11-8-9-12-7-6-10-4-2/h4H,2-3,5-9H2,1H3. The molecular weight excluding hydrogens is 204 g/mol. The van der Waals surface area contributed by atoms with Crippen LogP contribution in [-0.2, 0) is 0 Å². The molecule has 0 atom stereocenters. The van der Waals surface area contributed by atoms with E-state index in [0.717, 1.165) is 0 Å². The van der Waals surface area contributed by atoms with Gasteiger partial charge in [-0.1, -0.05) is 13.5 Å². The maximum Gasteiger partial charge on any atom is 0.00649 e. The van der Waals surface area contributed by atoms with Gasteiger partial charge in [0.2, 0.25) is 0 Å². The first-order valence-corrected chi connectivity index (χ1v) is 7.65. The summed E-state index contributed by atoms with van der Waals surface area (Å²) >= 11 is 5.94. The van der Waals surface area contributed by atoms with Gasteiger partial charge in [0.25, 0.3) is 0 Å². The average molecular weight is 222 g/mol. The number of rotatable bonds is 9. The second kappa shape index (κ2) is 11.8. The van der Waals surface area contributed by atoms with Gasteiger partial charge in [-0.05, 0) is 17.6 Å². The highest BCUT2D eigenvalue weighted by Gasteiger charge is 1.89. The number of hydrogen-bond acceptors (Lipinski definition) is 3. The Hall–Kier alpha value is 0.790. The first kappa shape index (κ1) is 12.8. The Labute approximate surface area is 89.3 Å². The lowest BCUT2D eigenvalue weighted by molar-refractivity contribution is 1.11. The van der Waals surface area contributed by atoms with Gasteiger partial charge in [-0.25, -0.2) is 0 Å². The maximum atomic E-state index is 3.67. The Kier molecular flexibility index (Phi) is 12.6. The van der Waals surface area contributed by atoms with E-state index in [4.69, 9.17) is 0 Å². The lowest BCUT2D eigenvalue weighted by Crippen LogP contribution is -1.89. The van der Waals surface area contributed by atoms with Gasteiger partial charge in [0, 0.05) is 23.0 Å². The van der Waals surface area contributed by atoms with Crippen LogP contribution >= 0.6 is 35.3 Å². The van der Waals surface area contributed by atoms with Crippen LogP contribution in [0.1, 0.15) is 13.3 Å². The fourth-order valence-corrected chi connectivity index (χ4v) is 3.32. The van der Waals surface area contributed by atoms with Gasteiger partial charge in [0.1, 0.15) is 0 Å². The topological polar surface area (TPSA) is 0 Å². The monoisotopic (exact) mass is 222 g/mol. The summed E-state index contributed by atoms with van der Waals surface area (Å²) in [6.45, 7) is 5.91. The van der Waals surface area contributed by atoms with Gasteiger partial charge in [-0.2, -0.15) is 23.5 Å². The van der Waals surface area contributed by atoms with Crippen LogP contribution in [0.5, 0.6) is 0 Å². The largest absolute Gasteiger partial charge is 0.161 e. The van der Waals surface area contributed by atoms with Crippen molar-refractivity contribution in [2.45, 2.75) is 13.3 Å². The molecule has 0 saturated carbocycles. The van der Waals surface area contributed by atoms with Gasteiger partial charge < -0.3 is 0 Å². The normalized spacial score (nSPS) is 10.1. The Morgan fingerprint density at radius 2 is 1.58 bits per heavy atom. The second-order valence-corrected chi connectivity index (χ2v) is 5.79. The zero-order valence-electron chi connectivity index (χ0n) is 7.75. The molecule has 0 spiro atoms.